The van der Waals surface area contributed by atoms with Gasteiger partial charge >= 0.3 is 0 Å². The first kappa shape index (κ1) is 17.9. The minimum atomic E-state index is -0.414. The Morgan fingerprint density at radius 3 is 1.21 bits per heavy atom. The van der Waals surface area contributed by atoms with Crippen LogP contribution >= 0.6 is 0 Å². The van der Waals surface area contributed by atoms with Gasteiger partial charge in [-0.15, -0.1) is 0 Å². The van der Waals surface area contributed by atoms with Crippen LogP contribution in [0, 0.1) is 0 Å². The first-order valence-corrected chi connectivity index (χ1v) is 7.50. The van der Waals surface area contributed by atoms with Crippen LogP contribution < -0.4 is 30.4 Å². The lowest BCUT2D eigenvalue weighted by Gasteiger charge is -2.22. The van der Waals surface area contributed by atoms with Crippen LogP contribution in [0.4, 0.5) is 0 Å². The van der Waals surface area contributed by atoms with Crippen LogP contribution in [0.5, 0.6) is 23.0 Å². The second kappa shape index (κ2) is 7.90. The van der Waals surface area contributed by atoms with Crippen LogP contribution in [0.2, 0.25) is 0 Å². The van der Waals surface area contributed by atoms with E-state index in [9.17, 15) is 0 Å². The molecule has 6 heteroatoms. The summed E-state index contributed by atoms with van der Waals surface area (Å²) in [6.07, 6.45) is 0. The van der Waals surface area contributed by atoms with Crippen LogP contribution in [0.3, 0.4) is 0 Å². The van der Waals surface area contributed by atoms with Gasteiger partial charge in [0.2, 0.25) is 0 Å². The van der Waals surface area contributed by atoms with Gasteiger partial charge in [0.15, 0.2) is 23.0 Å². The van der Waals surface area contributed by atoms with Crippen LogP contribution in [0.15, 0.2) is 36.4 Å². The molecular formula is C18H24N2O4. The number of rotatable bonds is 7. The zero-order valence-electron chi connectivity index (χ0n) is 14.4. The van der Waals surface area contributed by atoms with E-state index in [1.54, 1.807) is 28.4 Å². The van der Waals surface area contributed by atoms with Gasteiger partial charge in [0.1, 0.15) is 0 Å². The summed E-state index contributed by atoms with van der Waals surface area (Å²) in [7, 11) is 6.35. The van der Waals surface area contributed by atoms with Gasteiger partial charge < -0.3 is 30.4 Å². The molecule has 0 aliphatic carbocycles. The van der Waals surface area contributed by atoms with E-state index in [0.717, 1.165) is 11.1 Å². The first-order chi connectivity index (χ1) is 11.5. The average molecular weight is 332 g/mol. The van der Waals surface area contributed by atoms with E-state index in [1.165, 1.54) is 0 Å². The standard InChI is InChI=1S/C18H24N2O4/c1-21-13-7-5-11(9-15(13)23-3)17(19)18(20)12-6-8-14(22-2)16(10-12)24-4/h5-10,17-18H,19-20H2,1-4H3/t17-,18-/m1/s1. The number of hydrogen-bond acceptors (Lipinski definition) is 6. The quantitative estimate of drug-likeness (QED) is 0.809. The number of methoxy groups -OCH3 is 4. The van der Waals surface area contributed by atoms with Crippen molar-refractivity contribution in [2.75, 3.05) is 28.4 Å². The Bertz CT molecular complexity index is 631. The van der Waals surface area contributed by atoms with Gasteiger partial charge in [0.05, 0.1) is 28.4 Å². The number of nitrogens with two attached hydrogens (primary N) is 2. The van der Waals surface area contributed by atoms with E-state index >= 15 is 0 Å². The molecule has 0 amide bonds. The predicted octanol–water partition coefficient (Wildman–Crippen LogP) is 2.42. The van der Waals surface area contributed by atoms with Crippen molar-refractivity contribution in [2.24, 2.45) is 11.5 Å². The lowest BCUT2D eigenvalue weighted by atomic mass is 9.94. The Morgan fingerprint density at radius 2 is 0.917 bits per heavy atom. The fraction of sp³-hybridized carbons (Fsp3) is 0.333. The van der Waals surface area contributed by atoms with Crippen LogP contribution in [-0.2, 0) is 0 Å². The summed E-state index contributed by atoms with van der Waals surface area (Å²) >= 11 is 0. The minimum absolute atomic E-state index is 0.414. The van der Waals surface area contributed by atoms with E-state index < -0.39 is 12.1 Å². The molecule has 130 valence electrons. The fourth-order valence-corrected chi connectivity index (χ4v) is 2.53. The maximum Gasteiger partial charge on any atom is 0.161 e. The lowest BCUT2D eigenvalue weighted by Crippen LogP contribution is -2.26. The van der Waals surface area contributed by atoms with Gasteiger partial charge in [-0.2, -0.15) is 0 Å². The molecule has 2 aromatic rings. The molecule has 6 nitrogen and oxygen atoms in total. The Hall–Kier alpha value is -2.44. The molecule has 0 saturated heterocycles. The highest BCUT2D eigenvalue weighted by Crippen LogP contribution is 2.35. The largest absolute Gasteiger partial charge is 0.493 e. The second-order valence-electron chi connectivity index (χ2n) is 5.28. The highest BCUT2D eigenvalue weighted by atomic mass is 16.5. The maximum atomic E-state index is 6.35. The summed E-state index contributed by atoms with van der Waals surface area (Å²) in [6, 6.07) is 10.2. The molecule has 0 spiro atoms. The maximum absolute atomic E-state index is 6.35. The SMILES string of the molecule is COc1ccc([C@@H](N)[C@H](N)c2ccc(OC)c(OC)c2)cc1OC. The molecule has 2 aromatic carbocycles. The van der Waals surface area contributed by atoms with E-state index in [2.05, 4.69) is 0 Å². The molecule has 0 unspecified atom stereocenters. The second-order valence-corrected chi connectivity index (χ2v) is 5.28. The molecule has 0 radical (unpaired) electrons. The zero-order valence-corrected chi connectivity index (χ0v) is 14.4. The summed E-state index contributed by atoms with van der Waals surface area (Å²) < 4.78 is 21.1. The third-order valence-corrected chi connectivity index (χ3v) is 3.97. The summed E-state index contributed by atoms with van der Waals surface area (Å²) in [4.78, 5) is 0. The van der Waals surface area contributed by atoms with Gasteiger partial charge in [-0.05, 0) is 35.4 Å². The molecule has 24 heavy (non-hydrogen) atoms. The molecule has 0 aliphatic heterocycles. The van der Waals surface area contributed by atoms with Gasteiger partial charge in [-0.1, -0.05) is 12.1 Å². The summed E-state index contributed by atoms with van der Waals surface area (Å²) in [6.45, 7) is 0. The van der Waals surface area contributed by atoms with Crippen molar-refractivity contribution in [1.82, 2.24) is 0 Å². The minimum Gasteiger partial charge on any atom is -0.493 e. The van der Waals surface area contributed by atoms with E-state index in [4.69, 9.17) is 30.4 Å². The van der Waals surface area contributed by atoms with Crippen LogP contribution in [0.25, 0.3) is 0 Å². The van der Waals surface area contributed by atoms with Crippen molar-refractivity contribution in [2.45, 2.75) is 12.1 Å². The fourth-order valence-electron chi connectivity index (χ4n) is 2.53. The van der Waals surface area contributed by atoms with Gasteiger partial charge in [-0.25, -0.2) is 0 Å². The van der Waals surface area contributed by atoms with E-state index in [1.807, 2.05) is 36.4 Å². The van der Waals surface area contributed by atoms with Crippen molar-refractivity contribution in [3.8, 4) is 23.0 Å². The lowest BCUT2D eigenvalue weighted by molar-refractivity contribution is 0.353. The van der Waals surface area contributed by atoms with Gasteiger partial charge in [-0.3, -0.25) is 0 Å². The van der Waals surface area contributed by atoms with Crippen molar-refractivity contribution in [1.29, 1.82) is 0 Å². The molecule has 0 bridgehead atoms. The molecule has 0 aliphatic rings. The summed E-state index contributed by atoms with van der Waals surface area (Å²) in [5.41, 5.74) is 14.4. The van der Waals surface area contributed by atoms with Crippen LogP contribution in [-0.4, -0.2) is 28.4 Å². The average Bonchev–Trinajstić information content (AvgIpc) is 2.65. The van der Waals surface area contributed by atoms with E-state index in [0.29, 0.717) is 23.0 Å². The van der Waals surface area contributed by atoms with Crippen LogP contribution in [0.1, 0.15) is 23.2 Å². The molecule has 0 aromatic heterocycles. The normalized spacial score (nSPS) is 13.1. The first-order valence-electron chi connectivity index (χ1n) is 7.50. The monoisotopic (exact) mass is 332 g/mol. The van der Waals surface area contributed by atoms with Crippen molar-refractivity contribution in [3.05, 3.63) is 47.5 Å². The van der Waals surface area contributed by atoms with Crippen molar-refractivity contribution < 1.29 is 18.9 Å². The molecule has 0 fully saturated rings. The molecule has 4 N–H and O–H groups in total. The molecule has 0 heterocycles. The Kier molecular flexibility index (Phi) is 5.89. The third-order valence-electron chi connectivity index (χ3n) is 3.97. The summed E-state index contributed by atoms with van der Waals surface area (Å²) in [5.74, 6) is 2.52. The molecule has 2 rings (SSSR count). The third kappa shape index (κ3) is 3.55. The highest BCUT2D eigenvalue weighted by Gasteiger charge is 2.20. The predicted molar refractivity (Wildman–Crippen MR) is 92.9 cm³/mol. The Labute approximate surface area is 142 Å². The topological polar surface area (TPSA) is 89.0 Å². The number of hydrogen-bond donors (Lipinski definition) is 2. The highest BCUT2D eigenvalue weighted by molar-refractivity contribution is 5.46. The Balaban J connectivity index is 2.30. The number of benzene rings is 2. The van der Waals surface area contributed by atoms with E-state index in [-0.39, 0.29) is 0 Å². The van der Waals surface area contributed by atoms with Crippen molar-refractivity contribution >= 4 is 0 Å². The zero-order chi connectivity index (χ0) is 17.7. The number of ether oxygens (including phenoxy) is 4. The summed E-state index contributed by atoms with van der Waals surface area (Å²) in [5, 5.41) is 0. The van der Waals surface area contributed by atoms with Gasteiger partial charge in [0, 0.05) is 12.1 Å². The van der Waals surface area contributed by atoms with Gasteiger partial charge in [0.25, 0.3) is 0 Å². The molecule has 2 atom stereocenters. The molecular weight excluding hydrogens is 308 g/mol. The smallest absolute Gasteiger partial charge is 0.161 e. The van der Waals surface area contributed by atoms with Crippen molar-refractivity contribution in [3.63, 3.8) is 0 Å². The Morgan fingerprint density at radius 1 is 0.583 bits per heavy atom. The molecule has 0 saturated carbocycles.